The van der Waals surface area contributed by atoms with E-state index in [2.05, 4.69) is 19.2 Å². The lowest BCUT2D eigenvalue weighted by Crippen LogP contribution is -2.52. The summed E-state index contributed by atoms with van der Waals surface area (Å²) in [6, 6.07) is 0. The molecule has 0 radical (unpaired) electrons. The summed E-state index contributed by atoms with van der Waals surface area (Å²) in [4.78, 5) is 14.8. The molecule has 18 heavy (non-hydrogen) atoms. The minimum atomic E-state index is -0.135. The topological polar surface area (TPSA) is 41.6 Å². The third-order valence-corrected chi connectivity index (χ3v) is 4.31. The molecule has 0 bridgehead atoms. The van der Waals surface area contributed by atoms with Gasteiger partial charge in [-0.05, 0) is 25.8 Å². The maximum absolute atomic E-state index is 12.8. The van der Waals surface area contributed by atoms with Crippen LogP contribution in [0, 0.1) is 5.41 Å². The molecule has 2 aliphatic heterocycles. The smallest absolute Gasteiger partial charge is 0.230 e. The van der Waals surface area contributed by atoms with Crippen molar-refractivity contribution in [2.24, 2.45) is 5.41 Å². The summed E-state index contributed by atoms with van der Waals surface area (Å²) >= 11 is 0. The molecular formula is C14H26N2O2. The van der Waals surface area contributed by atoms with E-state index in [1.54, 1.807) is 0 Å². The van der Waals surface area contributed by atoms with Crippen LogP contribution in [0.4, 0.5) is 0 Å². The van der Waals surface area contributed by atoms with Crippen LogP contribution in [-0.2, 0) is 9.53 Å². The number of morpholine rings is 1. The van der Waals surface area contributed by atoms with Gasteiger partial charge >= 0.3 is 0 Å². The summed E-state index contributed by atoms with van der Waals surface area (Å²) in [5, 5.41) is 3.36. The van der Waals surface area contributed by atoms with Gasteiger partial charge in [0.05, 0.1) is 18.1 Å². The summed E-state index contributed by atoms with van der Waals surface area (Å²) < 4.78 is 5.65. The average molecular weight is 254 g/mol. The lowest BCUT2D eigenvalue weighted by molar-refractivity contribution is -0.149. The first kappa shape index (κ1) is 13.8. The van der Waals surface area contributed by atoms with Crippen LogP contribution in [0.2, 0.25) is 0 Å². The van der Waals surface area contributed by atoms with Crippen molar-refractivity contribution in [1.82, 2.24) is 10.2 Å². The molecule has 1 N–H and O–H groups in total. The monoisotopic (exact) mass is 254 g/mol. The number of hydrogen-bond acceptors (Lipinski definition) is 3. The van der Waals surface area contributed by atoms with E-state index in [9.17, 15) is 4.79 Å². The Labute approximate surface area is 110 Å². The Balaban J connectivity index is 2.04. The predicted molar refractivity (Wildman–Crippen MR) is 71.4 cm³/mol. The number of ether oxygens (including phenoxy) is 1. The molecule has 2 rings (SSSR count). The number of nitrogens with zero attached hydrogens (tertiary/aromatic N) is 1. The second-order valence-corrected chi connectivity index (χ2v) is 5.61. The van der Waals surface area contributed by atoms with Crippen molar-refractivity contribution >= 4 is 5.91 Å². The molecule has 1 amide bonds. The first-order chi connectivity index (χ1) is 8.72. The van der Waals surface area contributed by atoms with Crippen LogP contribution in [0.5, 0.6) is 0 Å². The van der Waals surface area contributed by atoms with E-state index >= 15 is 0 Å². The van der Waals surface area contributed by atoms with Gasteiger partial charge in [0.15, 0.2) is 0 Å². The normalized spacial score (nSPS) is 32.8. The van der Waals surface area contributed by atoms with E-state index in [1.165, 1.54) is 0 Å². The number of hydrogen-bond donors (Lipinski definition) is 1. The molecular weight excluding hydrogens is 228 g/mol. The average Bonchev–Trinajstić information content (AvgIpc) is 2.88. The first-order valence-corrected chi connectivity index (χ1v) is 7.33. The largest absolute Gasteiger partial charge is 0.375 e. The highest BCUT2D eigenvalue weighted by Gasteiger charge is 2.43. The van der Waals surface area contributed by atoms with Crippen LogP contribution in [0.3, 0.4) is 0 Å². The molecule has 2 fully saturated rings. The van der Waals surface area contributed by atoms with E-state index in [-0.39, 0.29) is 11.5 Å². The van der Waals surface area contributed by atoms with Gasteiger partial charge in [-0.2, -0.15) is 0 Å². The molecule has 0 aliphatic carbocycles. The summed E-state index contributed by atoms with van der Waals surface area (Å²) in [6.45, 7) is 8.36. The Morgan fingerprint density at radius 1 is 1.50 bits per heavy atom. The molecule has 2 saturated heterocycles. The lowest BCUT2D eigenvalue weighted by Gasteiger charge is -2.38. The van der Waals surface area contributed by atoms with E-state index in [0.29, 0.717) is 12.5 Å². The van der Waals surface area contributed by atoms with Crippen LogP contribution < -0.4 is 5.32 Å². The highest BCUT2D eigenvalue weighted by molar-refractivity contribution is 5.83. The SMILES string of the molecule is CCCC1(C(=O)N2CCOC(CC)C2)CCNC1. The van der Waals surface area contributed by atoms with Gasteiger partial charge in [0.1, 0.15) is 0 Å². The van der Waals surface area contributed by atoms with Crippen molar-refractivity contribution < 1.29 is 9.53 Å². The van der Waals surface area contributed by atoms with Gasteiger partial charge in [0, 0.05) is 19.6 Å². The minimum Gasteiger partial charge on any atom is -0.375 e. The van der Waals surface area contributed by atoms with Gasteiger partial charge in [0.25, 0.3) is 0 Å². The fraction of sp³-hybridized carbons (Fsp3) is 0.929. The lowest BCUT2D eigenvalue weighted by atomic mass is 9.81. The molecule has 4 heteroatoms. The molecule has 2 heterocycles. The van der Waals surface area contributed by atoms with Crippen LogP contribution >= 0.6 is 0 Å². The third-order valence-electron chi connectivity index (χ3n) is 4.31. The highest BCUT2D eigenvalue weighted by atomic mass is 16.5. The fourth-order valence-electron chi connectivity index (χ4n) is 3.21. The van der Waals surface area contributed by atoms with E-state index in [4.69, 9.17) is 4.74 Å². The minimum absolute atomic E-state index is 0.135. The number of carbonyl (C=O) groups is 1. The number of nitrogens with one attached hydrogen (secondary N) is 1. The van der Waals surface area contributed by atoms with Gasteiger partial charge in [-0.1, -0.05) is 20.3 Å². The van der Waals surface area contributed by atoms with Gasteiger partial charge < -0.3 is 15.0 Å². The molecule has 4 nitrogen and oxygen atoms in total. The van der Waals surface area contributed by atoms with Crippen LogP contribution in [0.25, 0.3) is 0 Å². The molecule has 2 atom stereocenters. The second-order valence-electron chi connectivity index (χ2n) is 5.61. The fourth-order valence-corrected chi connectivity index (χ4v) is 3.21. The Morgan fingerprint density at radius 3 is 2.94 bits per heavy atom. The molecule has 104 valence electrons. The molecule has 0 spiro atoms. The molecule has 0 saturated carbocycles. The summed E-state index contributed by atoms with van der Waals surface area (Å²) in [5.41, 5.74) is -0.135. The maximum atomic E-state index is 12.8. The van der Waals surface area contributed by atoms with Crippen molar-refractivity contribution in [3.63, 3.8) is 0 Å². The van der Waals surface area contributed by atoms with Crippen molar-refractivity contribution in [2.45, 2.75) is 45.6 Å². The maximum Gasteiger partial charge on any atom is 0.230 e. The predicted octanol–water partition coefficient (Wildman–Crippen LogP) is 1.40. The summed E-state index contributed by atoms with van der Waals surface area (Å²) in [7, 11) is 0. The Hall–Kier alpha value is -0.610. The summed E-state index contributed by atoms with van der Waals surface area (Å²) in [6.07, 6.45) is 4.30. The van der Waals surface area contributed by atoms with E-state index < -0.39 is 0 Å². The van der Waals surface area contributed by atoms with Gasteiger partial charge in [-0.25, -0.2) is 0 Å². The van der Waals surface area contributed by atoms with Crippen LogP contribution in [-0.4, -0.2) is 49.7 Å². The number of rotatable bonds is 4. The molecule has 0 aromatic rings. The van der Waals surface area contributed by atoms with Crippen LogP contribution in [0.1, 0.15) is 39.5 Å². The summed E-state index contributed by atoms with van der Waals surface area (Å²) in [5.74, 6) is 0.358. The van der Waals surface area contributed by atoms with Crippen molar-refractivity contribution in [1.29, 1.82) is 0 Å². The van der Waals surface area contributed by atoms with E-state index in [1.807, 2.05) is 4.90 Å². The van der Waals surface area contributed by atoms with Gasteiger partial charge in [-0.3, -0.25) is 4.79 Å². The quantitative estimate of drug-likeness (QED) is 0.824. The Bertz CT molecular complexity index is 288. The highest BCUT2D eigenvalue weighted by Crippen LogP contribution is 2.34. The van der Waals surface area contributed by atoms with Crippen LogP contribution in [0.15, 0.2) is 0 Å². The van der Waals surface area contributed by atoms with Crippen molar-refractivity contribution in [2.75, 3.05) is 32.8 Å². The standard InChI is InChI=1S/C14H26N2O2/c1-3-5-14(6-7-15-11-14)13(17)16-8-9-18-12(4-2)10-16/h12,15H,3-11H2,1-2H3. The zero-order chi connectivity index (χ0) is 13.0. The zero-order valence-corrected chi connectivity index (χ0v) is 11.7. The number of carbonyl (C=O) groups excluding carboxylic acids is 1. The van der Waals surface area contributed by atoms with E-state index in [0.717, 1.165) is 51.9 Å². The number of amides is 1. The zero-order valence-electron chi connectivity index (χ0n) is 11.7. The van der Waals surface area contributed by atoms with Crippen molar-refractivity contribution in [3.05, 3.63) is 0 Å². The first-order valence-electron chi connectivity index (χ1n) is 7.33. The molecule has 2 aliphatic rings. The Kier molecular flexibility index (Phi) is 4.62. The van der Waals surface area contributed by atoms with Gasteiger partial charge in [-0.15, -0.1) is 0 Å². The molecule has 0 aromatic heterocycles. The Morgan fingerprint density at radius 2 is 2.33 bits per heavy atom. The second kappa shape index (κ2) is 6.02. The van der Waals surface area contributed by atoms with Crippen molar-refractivity contribution in [3.8, 4) is 0 Å². The van der Waals surface area contributed by atoms with Gasteiger partial charge in [0.2, 0.25) is 5.91 Å². The third kappa shape index (κ3) is 2.69. The molecule has 2 unspecified atom stereocenters. The molecule has 0 aromatic carbocycles.